The first-order valence-corrected chi connectivity index (χ1v) is 29.0. The van der Waals surface area contributed by atoms with Gasteiger partial charge in [0.2, 0.25) is 22.8 Å². The second-order valence-electron chi connectivity index (χ2n) is 24.6. The maximum absolute atomic E-state index is 8.73. The Balaban J connectivity index is 0.0000000989. The minimum atomic E-state index is -0.314. The van der Waals surface area contributed by atoms with Gasteiger partial charge in [0.25, 0.3) is 0 Å². The molecule has 4 fully saturated rings. The molecule has 0 saturated heterocycles. The van der Waals surface area contributed by atoms with E-state index in [1.165, 1.54) is 134 Å². The number of aromatic nitrogens is 4. The Labute approximate surface area is 457 Å². The molecule has 76 heavy (non-hydrogen) atoms. The molecule has 8 aromatic rings. The summed E-state index contributed by atoms with van der Waals surface area (Å²) in [5.74, 6) is 4.26. The van der Waals surface area contributed by atoms with Crippen LogP contribution in [0.5, 0.6) is 0 Å². The van der Waals surface area contributed by atoms with E-state index in [0.717, 1.165) is 61.7 Å². The van der Waals surface area contributed by atoms with Gasteiger partial charge in [0.1, 0.15) is 28.2 Å². The van der Waals surface area contributed by atoms with E-state index in [4.69, 9.17) is 2.74 Å². The highest BCUT2D eigenvalue weighted by Gasteiger charge is 2.42. The van der Waals surface area contributed by atoms with Crippen LogP contribution in [0.15, 0.2) is 146 Å². The second kappa shape index (κ2) is 19.8. The van der Waals surface area contributed by atoms with Gasteiger partial charge in [-0.1, -0.05) is 72.8 Å². The maximum atomic E-state index is 8.73. The molecule has 10 aliphatic rings. The zero-order chi connectivity index (χ0) is 53.8. The maximum Gasteiger partial charge on any atom is 0.212 e. The Hall–Kier alpha value is -6.52. The molecule has 4 heteroatoms. The molecule has 8 bridgehead atoms. The number of benzene rings is 4. The number of hydrogen-bond donors (Lipinski definition) is 0. The number of fused-ring (bicyclic) bond motifs is 10. The van der Waals surface area contributed by atoms with E-state index in [-0.39, 0.29) is 11.8 Å². The van der Waals surface area contributed by atoms with Crippen molar-refractivity contribution in [3.05, 3.63) is 213 Å². The van der Waals surface area contributed by atoms with E-state index in [1.807, 2.05) is 0 Å². The molecule has 0 spiro atoms. The highest BCUT2D eigenvalue weighted by Crippen LogP contribution is 2.55. The summed E-state index contributed by atoms with van der Waals surface area (Å²) >= 11 is 0. The summed E-state index contributed by atoms with van der Waals surface area (Å²) < 4.78 is 26.5. The van der Waals surface area contributed by atoms with Crippen molar-refractivity contribution >= 4 is 0 Å². The normalized spacial score (nSPS) is 26.0. The smallest absolute Gasteiger partial charge is 0.201 e. The summed E-state index contributed by atoms with van der Waals surface area (Å²) in [4.78, 5) is 0. The fraction of sp³-hybridized carbons (Fsp3) is 0.389. The zero-order valence-electron chi connectivity index (χ0n) is 48.6. The third-order valence-electron chi connectivity index (χ3n) is 19.6. The van der Waals surface area contributed by atoms with Gasteiger partial charge < -0.3 is 0 Å². The van der Waals surface area contributed by atoms with Crippen molar-refractivity contribution < 1.29 is 21.0 Å². The Morgan fingerprint density at radius 1 is 0.342 bits per heavy atom. The average molecular weight is 1000 g/mol. The van der Waals surface area contributed by atoms with Crippen LogP contribution in [0.25, 0.3) is 45.0 Å². The van der Waals surface area contributed by atoms with Crippen LogP contribution in [0.3, 0.4) is 0 Å². The highest BCUT2D eigenvalue weighted by molar-refractivity contribution is 5.66. The van der Waals surface area contributed by atoms with E-state index in [2.05, 4.69) is 220 Å². The van der Waals surface area contributed by atoms with Crippen molar-refractivity contribution in [1.82, 2.24) is 0 Å². The van der Waals surface area contributed by atoms with Crippen LogP contribution in [0.4, 0.5) is 0 Å². The summed E-state index contributed by atoms with van der Waals surface area (Å²) in [5, 5.41) is 0. The summed E-state index contributed by atoms with van der Waals surface area (Å²) in [5.41, 5.74) is 27.7. The first-order valence-electron chi connectivity index (χ1n) is 30.0. The molecular formula is C72H80N4+4. The van der Waals surface area contributed by atoms with Gasteiger partial charge in [0.05, 0.1) is 0 Å². The summed E-state index contributed by atoms with van der Waals surface area (Å²) in [7, 11) is 8.62. The summed E-state index contributed by atoms with van der Waals surface area (Å²) in [6.45, 7) is 8.72. The lowest BCUT2D eigenvalue weighted by Crippen LogP contribution is -2.37. The first kappa shape index (κ1) is 46.8. The van der Waals surface area contributed by atoms with Crippen molar-refractivity contribution in [1.29, 1.82) is 0 Å². The molecule has 4 unspecified atom stereocenters. The van der Waals surface area contributed by atoms with E-state index < -0.39 is 0 Å². The van der Waals surface area contributed by atoms with Crippen molar-refractivity contribution in [2.75, 3.05) is 0 Å². The van der Waals surface area contributed by atoms with Crippen molar-refractivity contribution in [2.45, 2.75) is 140 Å². The van der Waals surface area contributed by atoms with Crippen LogP contribution >= 0.6 is 0 Å². The van der Waals surface area contributed by atoms with Crippen LogP contribution in [0.2, 0.25) is 0 Å². The fourth-order valence-electron chi connectivity index (χ4n) is 15.3. The lowest BCUT2D eigenvalue weighted by Gasteiger charge is -2.41. The molecule has 4 saturated carbocycles. The van der Waals surface area contributed by atoms with Gasteiger partial charge >= 0.3 is 0 Å². The number of pyridine rings is 4. The van der Waals surface area contributed by atoms with Gasteiger partial charge in [0, 0.05) is 71.5 Å². The van der Waals surface area contributed by atoms with Crippen molar-refractivity contribution in [3.63, 3.8) is 0 Å². The van der Waals surface area contributed by atoms with Crippen molar-refractivity contribution in [2.24, 2.45) is 40.0 Å². The van der Waals surface area contributed by atoms with E-state index in [9.17, 15) is 0 Å². The number of hydrogen-bond acceptors (Lipinski definition) is 0. The monoisotopic (exact) mass is 1000 g/mol. The number of rotatable bonds is 4. The molecule has 4 aromatic carbocycles. The third-order valence-corrected chi connectivity index (χ3v) is 19.6. The van der Waals surface area contributed by atoms with E-state index in [0.29, 0.717) is 5.92 Å². The van der Waals surface area contributed by atoms with E-state index in [1.54, 1.807) is 22.3 Å². The molecule has 18 rings (SSSR count). The second-order valence-corrected chi connectivity index (χ2v) is 24.6. The number of nitrogens with zero attached hydrogens (tertiary/aromatic N) is 4. The van der Waals surface area contributed by atoms with Crippen molar-refractivity contribution in [3.8, 4) is 45.0 Å². The minimum absolute atomic E-state index is 0.302. The molecule has 10 aliphatic carbocycles. The van der Waals surface area contributed by atoms with E-state index >= 15 is 0 Å². The van der Waals surface area contributed by atoms with Crippen LogP contribution < -0.4 is 18.3 Å². The standard InChI is InChI=1S/4C18H20N/c2*1-12-5-3-4-6-16(12)18-10-17-14-7-13(8-14)9-15(17)11-19(18)2;2*1-12-5-3-4-6-15(12)18-10-16-13-7-8-14(9-13)17(16)11-19(18)2/h4*3-6,10-11,13-14H,7-9H2,1-2H3/q4*+1/i14D;;13D;. The summed E-state index contributed by atoms with van der Waals surface area (Å²) in [6.07, 6.45) is 24.2. The van der Waals surface area contributed by atoms with Gasteiger partial charge in [-0.05, 0) is 221 Å². The fourth-order valence-corrected chi connectivity index (χ4v) is 15.3. The topological polar surface area (TPSA) is 15.5 Å². The van der Waals surface area contributed by atoms with Gasteiger partial charge in [0.15, 0.2) is 24.8 Å². The lowest BCUT2D eigenvalue weighted by molar-refractivity contribution is -0.661. The predicted octanol–water partition coefficient (Wildman–Crippen LogP) is 14.8. The Morgan fingerprint density at radius 3 is 1.21 bits per heavy atom. The van der Waals surface area contributed by atoms with Crippen LogP contribution in [0, 0.1) is 39.5 Å². The average Bonchev–Trinajstić information content (AvgIpc) is 4.28. The molecule has 0 aliphatic heterocycles. The van der Waals surface area contributed by atoms with Crippen LogP contribution in [0.1, 0.15) is 169 Å². The predicted molar refractivity (Wildman–Crippen MR) is 308 cm³/mol. The molecule has 4 nitrogen and oxygen atoms in total. The molecule has 0 N–H and O–H groups in total. The molecule has 0 amide bonds. The molecule has 4 aromatic heterocycles. The molecule has 0 radical (unpaired) electrons. The molecule has 4 heterocycles. The molecule has 4 atom stereocenters. The SMILES string of the molecule is Cc1ccccc1-c1cc2c(c[n+]1C)C1CCC2C1.Cc1ccccc1-c1cc2c(c[n+]1C)CC1CC2C1.[2H]C12CC(Cc3c[n+](C)c(-c4ccccc4C)cc31)C2.[2H]C12CCC(C1)c1c[n+](C)c(-c3ccccc3C)cc12. The largest absolute Gasteiger partial charge is 0.212 e. The molecule has 384 valence electrons. The van der Waals surface area contributed by atoms with Crippen LogP contribution in [-0.2, 0) is 41.0 Å². The third kappa shape index (κ3) is 8.86. The minimum Gasteiger partial charge on any atom is -0.201 e. The van der Waals surface area contributed by atoms with Crippen LogP contribution in [-0.4, -0.2) is 0 Å². The number of aryl methyl sites for hydroxylation is 8. The Kier molecular flexibility index (Phi) is 12.2. The first-order chi connectivity index (χ1) is 37.6. The highest BCUT2D eigenvalue weighted by atomic mass is 14.9. The Morgan fingerprint density at radius 2 is 0.711 bits per heavy atom. The quantitative estimate of drug-likeness (QED) is 0.156. The summed E-state index contributed by atoms with van der Waals surface area (Å²) in [6, 6.07) is 43.9. The lowest BCUT2D eigenvalue weighted by atomic mass is 9.63. The van der Waals surface area contributed by atoms with Gasteiger partial charge in [-0.2, -0.15) is 0 Å². The zero-order valence-corrected chi connectivity index (χ0v) is 46.6. The van der Waals surface area contributed by atoms with Gasteiger partial charge in [-0.25, -0.2) is 18.3 Å². The van der Waals surface area contributed by atoms with Gasteiger partial charge in [-0.15, -0.1) is 0 Å². The van der Waals surface area contributed by atoms with Gasteiger partial charge in [-0.3, -0.25) is 0 Å². The Bertz CT molecular complexity index is 3570. The molecular weight excluding hydrogens is 921 g/mol.